The van der Waals surface area contributed by atoms with Crippen LogP contribution in [0.3, 0.4) is 0 Å². The summed E-state index contributed by atoms with van der Waals surface area (Å²) in [4.78, 5) is 1.29. The second kappa shape index (κ2) is 6.36. The van der Waals surface area contributed by atoms with Gasteiger partial charge in [-0.3, -0.25) is 0 Å². The predicted molar refractivity (Wildman–Crippen MR) is 80.5 cm³/mol. The van der Waals surface area contributed by atoms with Crippen molar-refractivity contribution in [2.75, 3.05) is 13.7 Å². The summed E-state index contributed by atoms with van der Waals surface area (Å²) in [6.07, 6.45) is 0. The molecule has 1 aromatic carbocycles. The van der Waals surface area contributed by atoms with E-state index < -0.39 is 0 Å². The van der Waals surface area contributed by atoms with Crippen molar-refractivity contribution in [3.05, 3.63) is 50.6 Å². The predicted octanol–water partition coefficient (Wildman–Crippen LogP) is 4.22. The van der Waals surface area contributed by atoms with Gasteiger partial charge in [0.15, 0.2) is 0 Å². The van der Waals surface area contributed by atoms with Crippen molar-refractivity contribution in [3.8, 4) is 5.75 Å². The number of nitrogens with one attached hydrogen (secondary N) is 1. The van der Waals surface area contributed by atoms with Gasteiger partial charge in [0.2, 0.25) is 0 Å². The average Bonchev–Trinajstić information content (AvgIpc) is 2.87. The van der Waals surface area contributed by atoms with E-state index in [1.807, 2.05) is 26.1 Å². The Kier molecular flexibility index (Phi) is 4.80. The quantitative estimate of drug-likeness (QED) is 0.888. The first-order valence-corrected chi connectivity index (χ1v) is 7.56. The van der Waals surface area contributed by atoms with Gasteiger partial charge in [0.1, 0.15) is 5.75 Å². The van der Waals surface area contributed by atoms with E-state index in [9.17, 15) is 0 Å². The minimum absolute atomic E-state index is 0.170. The molecule has 4 heteroatoms. The van der Waals surface area contributed by atoms with Gasteiger partial charge >= 0.3 is 0 Å². The molecule has 0 spiro atoms. The fourth-order valence-corrected chi connectivity index (χ4v) is 3.17. The summed E-state index contributed by atoms with van der Waals surface area (Å²) in [6.45, 7) is 2.68. The van der Waals surface area contributed by atoms with E-state index in [4.69, 9.17) is 4.74 Å². The molecule has 1 unspecified atom stereocenters. The van der Waals surface area contributed by atoms with Gasteiger partial charge in [-0.2, -0.15) is 0 Å². The van der Waals surface area contributed by atoms with Crippen molar-refractivity contribution in [1.29, 1.82) is 0 Å². The van der Waals surface area contributed by atoms with E-state index in [2.05, 4.69) is 44.8 Å². The molecule has 2 nitrogen and oxygen atoms in total. The lowest BCUT2D eigenvalue weighted by atomic mass is 10.0. The first kappa shape index (κ1) is 13.6. The molecule has 1 N–H and O–H groups in total. The smallest absolute Gasteiger partial charge is 0.124 e. The number of halogens is 1. The number of ether oxygens (including phenoxy) is 1. The summed E-state index contributed by atoms with van der Waals surface area (Å²) in [5.74, 6) is 0.938. The highest BCUT2D eigenvalue weighted by Gasteiger charge is 2.17. The summed E-state index contributed by atoms with van der Waals surface area (Å²) >= 11 is 5.28. The Morgan fingerprint density at radius 1 is 1.39 bits per heavy atom. The van der Waals surface area contributed by atoms with Crippen LogP contribution in [0.1, 0.15) is 23.4 Å². The molecule has 2 rings (SSSR count). The first-order valence-electron chi connectivity index (χ1n) is 5.89. The Bertz CT molecular complexity index is 499. The summed E-state index contributed by atoms with van der Waals surface area (Å²) in [5, 5.41) is 5.45. The van der Waals surface area contributed by atoms with E-state index in [-0.39, 0.29) is 6.04 Å². The topological polar surface area (TPSA) is 21.3 Å². The molecule has 0 radical (unpaired) electrons. The van der Waals surface area contributed by atoms with Crippen LogP contribution >= 0.6 is 27.3 Å². The highest BCUT2D eigenvalue weighted by Crippen LogP contribution is 2.34. The molecule has 0 fully saturated rings. The minimum Gasteiger partial charge on any atom is -0.494 e. The van der Waals surface area contributed by atoms with E-state index in [0.29, 0.717) is 6.61 Å². The highest BCUT2D eigenvalue weighted by atomic mass is 79.9. The standard InChI is InChI=1S/C14H16BrNOS/c1-3-17-12-7-6-10(15)9-11(12)14(16-2)13-5-4-8-18-13/h4-9,14,16H,3H2,1-2H3. The number of hydrogen-bond donors (Lipinski definition) is 1. The zero-order chi connectivity index (χ0) is 13.0. The van der Waals surface area contributed by atoms with Gasteiger partial charge in [-0.25, -0.2) is 0 Å². The van der Waals surface area contributed by atoms with Crippen molar-refractivity contribution in [2.24, 2.45) is 0 Å². The molecule has 1 heterocycles. The fourth-order valence-electron chi connectivity index (χ4n) is 1.94. The molecule has 96 valence electrons. The van der Waals surface area contributed by atoms with Crippen LogP contribution in [0.4, 0.5) is 0 Å². The molecule has 0 aliphatic carbocycles. The van der Waals surface area contributed by atoms with Gasteiger partial charge in [-0.15, -0.1) is 11.3 Å². The van der Waals surface area contributed by atoms with Crippen LogP contribution in [0, 0.1) is 0 Å². The van der Waals surface area contributed by atoms with Crippen molar-refractivity contribution in [2.45, 2.75) is 13.0 Å². The maximum Gasteiger partial charge on any atom is 0.124 e. The lowest BCUT2D eigenvalue weighted by molar-refractivity contribution is 0.334. The molecular weight excluding hydrogens is 310 g/mol. The number of hydrogen-bond acceptors (Lipinski definition) is 3. The summed E-state index contributed by atoms with van der Waals surface area (Å²) < 4.78 is 6.78. The largest absolute Gasteiger partial charge is 0.494 e. The monoisotopic (exact) mass is 325 g/mol. The minimum atomic E-state index is 0.170. The average molecular weight is 326 g/mol. The van der Waals surface area contributed by atoms with Crippen molar-refractivity contribution in [3.63, 3.8) is 0 Å². The van der Waals surface area contributed by atoms with Crippen molar-refractivity contribution < 1.29 is 4.74 Å². The van der Waals surface area contributed by atoms with Gasteiger partial charge in [0.25, 0.3) is 0 Å². The van der Waals surface area contributed by atoms with E-state index in [1.165, 1.54) is 4.88 Å². The van der Waals surface area contributed by atoms with Crippen LogP contribution < -0.4 is 10.1 Å². The first-order chi connectivity index (χ1) is 8.76. The second-order valence-electron chi connectivity index (χ2n) is 3.85. The Labute approximate surface area is 120 Å². The summed E-state index contributed by atoms with van der Waals surface area (Å²) in [5.41, 5.74) is 1.16. The van der Waals surface area contributed by atoms with Crippen LogP contribution in [0.15, 0.2) is 40.2 Å². The fraction of sp³-hybridized carbons (Fsp3) is 0.286. The zero-order valence-electron chi connectivity index (χ0n) is 10.4. The lowest BCUT2D eigenvalue weighted by Crippen LogP contribution is -2.17. The molecule has 1 aromatic heterocycles. The summed E-state index contributed by atoms with van der Waals surface area (Å²) in [7, 11) is 1.97. The maximum absolute atomic E-state index is 5.72. The molecule has 0 bridgehead atoms. The van der Waals surface area contributed by atoms with Gasteiger partial charge in [-0.1, -0.05) is 22.0 Å². The Morgan fingerprint density at radius 3 is 2.83 bits per heavy atom. The molecule has 0 saturated heterocycles. The third kappa shape index (κ3) is 2.94. The van der Waals surface area contributed by atoms with Gasteiger partial charge in [0.05, 0.1) is 12.6 Å². The molecule has 0 amide bonds. The number of benzene rings is 1. The van der Waals surface area contributed by atoms with Crippen LogP contribution in [0.2, 0.25) is 0 Å². The second-order valence-corrected chi connectivity index (χ2v) is 5.75. The molecule has 0 saturated carbocycles. The van der Waals surface area contributed by atoms with Crippen LogP contribution in [0.25, 0.3) is 0 Å². The molecule has 2 aromatic rings. The summed E-state index contributed by atoms with van der Waals surface area (Å²) in [6, 6.07) is 10.5. The van der Waals surface area contributed by atoms with E-state index in [1.54, 1.807) is 11.3 Å². The Balaban J connectivity index is 2.43. The van der Waals surface area contributed by atoms with Gasteiger partial charge in [-0.05, 0) is 43.6 Å². The normalized spacial score (nSPS) is 12.4. The lowest BCUT2D eigenvalue weighted by Gasteiger charge is -2.19. The zero-order valence-corrected chi connectivity index (χ0v) is 12.8. The van der Waals surface area contributed by atoms with E-state index in [0.717, 1.165) is 15.8 Å². The highest BCUT2D eigenvalue weighted by molar-refractivity contribution is 9.10. The molecule has 0 aliphatic rings. The SMILES string of the molecule is CCOc1ccc(Br)cc1C(NC)c1cccs1. The molecule has 1 atom stereocenters. The molecular formula is C14H16BrNOS. The molecule has 18 heavy (non-hydrogen) atoms. The maximum atomic E-state index is 5.72. The van der Waals surface area contributed by atoms with Crippen LogP contribution in [-0.2, 0) is 0 Å². The van der Waals surface area contributed by atoms with Gasteiger partial charge < -0.3 is 10.1 Å². The van der Waals surface area contributed by atoms with E-state index >= 15 is 0 Å². The van der Waals surface area contributed by atoms with Crippen molar-refractivity contribution in [1.82, 2.24) is 5.32 Å². The Morgan fingerprint density at radius 2 is 2.22 bits per heavy atom. The number of thiophene rings is 1. The van der Waals surface area contributed by atoms with Crippen LogP contribution in [0.5, 0.6) is 5.75 Å². The number of rotatable bonds is 5. The third-order valence-corrected chi connectivity index (χ3v) is 4.13. The van der Waals surface area contributed by atoms with Crippen LogP contribution in [-0.4, -0.2) is 13.7 Å². The molecule has 0 aliphatic heterocycles. The third-order valence-electron chi connectivity index (χ3n) is 2.70. The van der Waals surface area contributed by atoms with Gasteiger partial charge in [0, 0.05) is 14.9 Å². The Hall–Kier alpha value is -0.840. The van der Waals surface area contributed by atoms with Crippen molar-refractivity contribution >= 4 is 27.3 Å².